The van der Waals surface area contributed by atoms with Crippen LogP contribution in [0.1, 0.15) is 31.5 Å². The molecule has 4 rings (SSSR count). The van der Waals surface area contributed by atoms with E-state index in [9.17, 15) is 13.2 Å². The topological polar surface area (TPSA) is 106 Å². The van der Waals surface area contributed by atoms with Gasteiger partial charge in [-0.05, 0) is 44.0 Å². The molecule has 0 spiro atoms. The van der Waals surface area contributed by atoms with Crippen molar-refractivity contribution in [3.8, 4) is 0 Å². The van der Waals surface area contributed by atoms with E-state index < -0.39 is 10.0 Å². The van der Waals surface area contributed by atoms with Gasteiger partial charge in [0.05, 0.1) is 23.9 Å². The molecule has 1 amide bonds. The summed E-state index contributed by atoms with van der Waals surface area (Å²) in [7, 11) is -3.54. The van der Waals surface area contributed by atoms with Crippen LogP contribution in [0.25, 0.3) is 0 Å². The molecule has 2 aromatic rings. The molecule has 2 fully saturated rings. The van der Waals surface area contributed by atoms with Crippen LogP contribution in [0.15, 0.2) is 34.3 Å². The molecule has 2 heterocycles. The van der Waals surface area contributed by atoms with Crippen LogP contribution in [0.3, 0.4) is 0 Å². The highest BCUT2D eigenvalue weighted by Gasteiger charge is 2.30. The van der Waals surface area contributed by atoms with Crippen LogP contribution in [-0.2, 0) is 26.1 Å². The molecule has 0 radical (unpaired) electrons. The van der Waals surface area contributed by atoms with Crippen LogP contribution in [-0.4, -0.2) is 65.5 Å². The van der Waals surface area contributed by atoms with Crippen molar-refractivity contribution in [2.24, 2.45) is 0 Å². The number of hydrogen-bond donors (Lipinski definition) is 1. The molecule has 9 nitrogen and oxygen atoms in total. The molecule has 1 aliphatic heterocycles. The smallest absolute Gasteiger partial charge is 0.243 e. The van der Waals surface area contributed by atoms with Gasteiger partial charge in [0.25, 0.3) is 0 Å². The van der Waals surface area contributed by atoms with Crippen LogP contribution in [0.4, 0.5) is 5.69 Å². The van der Waals surface area contributed by atoms with Gasteiger partial charge in [0.2, 0.25) is 15.9 Å². The Morgan fingerprint density at radius 1 is 1.20 bits per heavy atom. The summed E-state index contributed by atoms with van der Waals surface area (Å²) in [6.45, 7) is 4.33. The predicted octanol–water partition coefficient (Wildman–Crippen LogP) is 1.93. The maximum Gasteiger partial charge on any atom is 0.243 e. The van der Waals surface area contributed by atoms with Crippen molar-refractivity contribution in [3.63, 3.8) is 0 Å². The highest BCUT2D eigenvalue weighted by molar-refractivity contribution is 7.99. The molecule has 162 valence electrons. The molecule has 30 heavy (non-hydrogen) atoms. The third-order valence-corrected chi connectivity index (χ3v) is 7.96. The number of anilines is 1. The Labute approximate surface area is 180 Å². The minimum atomic E-state index is -3.54. The number of hydrogen-bond acceptors (Lipinski definition) is 7. The molecule has 1 saturated carbocycles. The highest BCUT2D eigenvalue weighted by Crippen LogP contribution is 2.40. The van der Waals surface area contributed by atoms with Crippen molar-refractivity contribution in [1.82, 2.24) is 19.1 Å². The zero-order valence-electron chi connectivity index (χ0n) is 16.8. The second-order valence-corrected chi connectivity index (χ2v) is 10.1. The third kappa shape index (κ3) is 4.69. The lowest BCUT2D eigenvalue weighted by Crippen LogP contribution is -2.40. The van der Waals surface area contributed by atoms with E-state index >= 15 is 0 Å². The molecular formula is C19H25N5O4S2. The van der Waals surface area contributed by atoms with Crippen molar-refractivity contribution in [1.29, 1.82) is 0 Å². The normalized spacial score (nSPS) is 17.8. The fraction of sp³-hybridized carbons (Fsp3) is 0.526. The number of carbonyl (C=O) groups is 1. The standard InChI is InChI=1S/C19H25N5O4S2/c1-2-24-18(14-3-4-14)21-22-19(24)29-13-17(25)20-15-5-7-16(8-6-15)30(26,27)23-9-11-28-12-10-23/h5-8,14H,2-4,9-13H2,1H3,(H,20,25). The van der Waals surface area contributed by atoms with Gasteiger partial charge in [-0.15, -0.1) is 10.2 Å². The Kier molecular flexibility index (Phi) is 6.42. The maximum absolute atomic E-state index is 12.7. The van der Waals surface area contributed by atoms with Gasteiger partial charge in [-0.3, -0.25) is 4.79 Å². The van der Waals surface area contributed by atoms with Crippen molar-refractivity contribution in [2.75, 3.05) is 37.4 Å². The number of sulfonamides is 1. The molecule has 1 saturated heterocycles. The molecular weight excluding hydrogens is 426 g/mol. The Morgan fingerprint density at radius 3 is 2.53 bits per heavy atom. The number of nitrogens with one attached hydrogen (secondary N) is 1. The van der Waals surface area contributed by atoms with E-state index in [1.54, 1.807) is 12.1 Å². The average molecular weight is 452 g/mol. The van der Waals surface area contributed by atoms with Gasteiger partial charge in [0, 0.05) is 31.2 Å². The molecule has 11 heteroatoms. The number of benzene rings is 1. The van der Waals surface area contributed by atoms with Crippen LogP contribution < -0.4 is 5.32 Å². The lowest BCUT2D eigenvalue weighted by atomic mass is 10.3. The lowest BCUT2D eigenvalue weighted by molar-refractivity contribution is -0.113. The predicted molar refractivity (Wildman–Crippen MR) is 113 cm³/mol. The average Bonchev–Trinajstić information content (AvgIpc) is 3.52. The van der Waals surface area contributed by atoms with Gasteiger partial charge in [-0.25, -0.2) is 8.42 Å². The van der Waals surface area contributed by atoms with E-state index in [1.165, 1.54) is 28.2 Å². The zero-order chi connectivity index (χ0) is 21.1. The molecule has 1 aromatic carbocycles. The van der Waals surface area contributed by atoms with Gasteiger partial charge >= 0.3 is 0 Å². The van der Waals surface area contributed by atoms with Crippen molar-refractivity contribution in [3.05, 3.63) is 30.1 Å². The second kappa shape index (κ2) is 9.04. The zero-order valence-corrected chi connectivity index (χ0v) is 18.4. The van der Waals surface area contributed by atoms with E-state index in [0.29, 0.717) is 37.9 Å². The van der Waals surface area contributed by atoms with Crippen LogP contribution in [0.2, 0.25) is 0 Å². The summed E-state index contributed by atoms with van der Waals surface area (Å²) in [5.74, 6) is 1.55. The second-order valence-electron chi connectivity index (χ2n) is 7.24. The Balaban J connectivity index is 1.34. The number of thioether (sulfide) groups is 1. The first kappa shape index (κ1) is 21.3. The highest BCUT2D eigenvalue weighted by atomic mass is 32.2. The minimum absolute atomic E-state index is 0.178. The number of rotatable bonds is 8. The number of ether oxygens (including phenoxy) is 1. The van der Waals surface area contributed by atoms with E-state index in [2.05, 4.69) is 20.1 Å². The van der Waals surface area contributed by atoms with Crippen LogP contribution in [0, 0.1) is 0 Å². The van der Waals surface area contributed by atoms with Crippen molar-refractivity contribution in [2.45, 2.75) is 42.3 Å². The molecule has 0 atom stereocenters. The molecule has 1 N–H and O–H groups in total. The van der Waals surface area contributed by atoms with Gasteiger partial charge in [0.1, 0.15) is 5.82 Å². The van der Waals surface area contributed by atoms with Gasteiger partial charge in [-0.1, -0.05) is 11.8 Å². The Bertz CT molecular complexity index is 996. The summed E-state index contributed by atoms with van der Waals surface area (Å²) >= 11 is 1.35. The molecule has 1 aliphatic carbocycles. The molecule has 0 unspecified atom stereocenters. The fourth-order valence-electron chi connectivity index (χ4n) is 3.32. The number of carbonyl (C=O) groups excluding carboxylic acids is 1. The SMILES string of the molecule is CCn1c(SCC(=O)Nc2ccc(S(=O)(=O)N3CCOCC3)cc2)nnc1C1CC1. The van der Waals surface area contributed by atoms with Crippen LogP contribution >= 0.6 is 11.8 Å². The number of morpholine rings is 1. The summed E-state index contributed by atoms with van der Waals surface area (Å²) in [6, 6.07) is 6.25. The monoisotopic (exact) mass is 451 g/mol. The third-order valence-electron chi connectivity index (χ3n) is 5.08. The van der Waals surface area contributed by atoms with Crippen LogP contribution in [0.5, 0.6) is 0 Å². The van der Waals surface area contributed by atoms with Gasteiger partial charge in [-0.2, -0.15) is 4.31 Å². The summed E-state index contributed by atoms with van der Waals surface area (Å²) in [4.78, 5) is 12.5. The van der Waals surface area contributed by atoms with Crippen molar-refractivity contribution >= 4 is 33.4 Å². The van der Waals surface area contributed by atoms with E-state index in [1.807, 2.05) is 6.92 Å². The number of nitrogens with zero attached hydrogens (tertiary/aromatic N) is 4. The number of aromatic nitrogens is 3. The number of amides is 1. The summed E-state index contributed by atoms with van der Waals surface area (Å²) < 4.78 is 34.0. The minimum Gasteiger partial charge on any atom is -0.379 e. The summed E-state index contributed by atoms with van der Waals surface area (Å²) in [5.41, 5.74) is 0.553. The lowest BCUT2D eigenvalue weighted by Gasteiger charge is -2.26. The first-order valence-electron chi connectivity index (χ1n) is 10.0. The van der Waals surface area contributed by atoms with Gasteiger partial charge in [0.15, 0.2) is 5.16 Å². The Morgan fingerprint density at radius 2 is 1.90 bits per heavy atom. The first-order chi connectivity index (χ1) is 14.5. The molecule has 2 aliphatic rings. The maximum atomic E-state index is 12.7. The van der Waals surface area contributed by atoms with Gasteiger partial charge < -0.3 is 14.6 Å². The summed E-state index contributed by atoms with van der Waals surface area (Å²) in [5, 5.41) is 12.1. The van der Waals surface area contributed by atoms with E-state index in [4.69, 9.17) is 4.74 Å². The summed E-state index contributed by atoms with van der Waals surface area (Å²) in [6.07, 6.45) is 2.31. The molecule has 0 bridgehead atoms. The molecule has 1 aromatic heterocycles. The quantitative estimate of drug-likeness (QED) is 0.611. The Hall–Kier alpha value is -1.95. The first-order valence-corrected chi connectivity index (χ1v) is 12.5. The van der Waals surface area contributed by atoms with E-state index in [-0.39, 0.29) is 16.6 Å². The largest absolute Gasteiger partial charge is 0.379 e. The van der Waals surface area contributed by atoms with Crippen molar-refractivity contribution < 1.29 is 17.9 Å². The fourth-order valence-corrected chi connectivity index (χ4v) is 5.54. The van der Waals surface area contributed by atoms with E-state index in [0.717, 1.165) is 30.4 Å².